The first-order valence-corrected chi connectivity index (χ1v) is 45.8. The largest absolute Gasteiger partial charge is 0.489 e. The first kappa shape index (κ1) is 96.9. The third kappa shape index (κ3) is 25.2. The van der Waals surface area contributed by atoms with Gasteiger partial charge in [0.05, 0.1) is 60.3 Å². The lowest BCUT2D eigenvalue weighted by Gasteiger charge is -2.20. The van der Waals surface area contributed by atoms with Crippen molar-refractivity contribution in [2.45, 2.75) is 50.2 Å². The van der Waals surface area contributed by atoms with E-state index in [0.717, 1.165) is 72.5 Å². The van der Waals surface area contributed by atoms with E-state index in [9.17, 15) is 38.4 Å². The Labute approximate surface area is 833 Å². The number of fused-ring (bicyclic) bond motifs is 4. The Hall–Kier alpha value is -19.7. The maximum atomic E-state index is 13.2. The van der Waals surface area contributed by atoms with Crippen molar-refractivity contribution in [2.24, 2.45) is 7.05 Å². The van der Waals surface area contributed by atoms with Gasteiger partial charge in [-0.05, 0) is 150 Å². The van der Waals surface area contributed by atoms with E-state index in [4.69, 9.17) is 18.9 Å². The average molecular weight is 1930 g/mol. The molecule has 4 atom stereocenters. The molecule has 12 heterocycles. The molecule has 34 nitrogen and oxygen atoms in total. The number of rotatable bonds is 16. The van der Waals surface area contributed by atoms with Gasteiger partial charge in [0.1, 0.15) is 85.6 Å². The maximum absolute atomic E-state index is 13.2. The van der Waals surface area contributed by atoms with Gasteiger partial charge in [0.15, 0.2) is 5.69 Å². The monoisotopic (exact) mass is 1920 g/mol. The van der Waals surface area contributed by atoms with Gasteiger partial charge in [0, 0.05) is 148 Å². The molecule has 0 bridgehead atoms. The molecule has 0 saturated carbocycles. The van der Waals surface area contributed by atoms with Crippen LogP contribution in [-0.2, 0) is 52.3 Å². The van der Waals surface area contributed by atoms with E-state index in [1.54, 1.807) is 171 Å². The molecule has 0 unspecified atom stereocenters. The number of amides is 8. The Morgan fingerprint density at radius 3 is 1.05 bits per heavy atom. The van der Waals surface area contributed by atoms with Crippen LogP contribution in [0.25, 0.3) is 0 Å². The molecule has 4 aliphatic heterocycles. The molecule has 0 saturated heterocycles. The first-order chi connectivity index (χ1) is 70.7. The predicted octanol–water partition coefficient (Wildman–Crippen LogP) is 10.4. The molecule has 4 aliphatic rings. The second-order valence-electron chi connectivity index (χ2n) is 33.4. The number of benzene rings is 8. The molecular formula is C111H92N22O12. The summed E-state index contributed by atoms with van der Waals surface area (Å²) < 4.78 is 30.0. The zero-order valence-corrected chi connectivity index (χ0v) is 79.0. The molecule has 8 aromatic heterocycles. The average Bonchev–Trinajstić information content (AvgIpc) is 1.69. The summed E-state index contributed by atoms with van der Waals surface area (Å²) in [5.74, 6) is 23.6. The van der Waals surface area contributed by atoms with Crippen LogP contribution in [0.15, 0.2) is 323 Å². The lowest BCUT2D eigenvalue weighted by molar-refractivity contribution is -0.121. The summed E-state index contributed by atoms with van der Waals surface area (Å²) in [5.41, 5.74) is 14.3. The van der Waals surface area contributed by atoms with E-state index >= 15 is 0 Å². The van der Waals surface area contributed by atoms with Gasteiger partial charge >= 0.3 is 0 Å². The Bertz CT molecular complexity index is 7150. The van der Waals surface area contributed by atoms with Crippen LogP contribution < -0.4 is 59.8 Å². The van der Waals surface area contributed by atoms with Gasteiger partial charge in [-0.15, -0.1) is 10.2 Å². The van der Waals surface area contributed by atoms with Crippen LogP contribution in [0.1, 0.15) is 114 Å². The van der Waals surface area contributed by atoms with E-state index in [0.29, 0.717) is 77.4 Å². The van der Waals surface area contributed by atoms with E-state index in [1.165, 1.54) is 32.1 Å². The van der Waals surface area contributed by atoms with Gasteiger partial charge in [-0.3, -0.25) is 67.7 Å². The van der Waals surface area contributed by atoms with E-state index in [2.05, 4.69) is 119 Å². The molecule has 145 heavy (non-hydrogen) atoms. The zero-order chi connectivity index (χ0) is 100. The van der Waals surface area contributed by atoms with Gasteiger partial charge in [-0.25, -0.2) is 14.3 Å². The summed E-state index contributed by atoms with van der Waals surface area (Å²) in [6.07, 6.45) is 20.3. The van der Waals surface area contributed by atoms with Crippen molar-refractivity contribution in [2.75, 3.05) is 74.2 Å². The van der Waals surface area contributed by atoms with Crippen LogP contribution in [-0.4, -0.2) is 195 Å². The minimum Gasteiger partial charge on any atom is -0.489 e. The number of hydrogen-bond donors (Lipinski definition) is 4. The van der Waals surface area contributed by atoms with Crippen molar-refractivity contribution in [3.8, 4) is 70.4 Å². The number of hydrogen-bond acceptors (Lipinski definition) is 22. The number of nitrogens with zero attached hydrogens (tertiary/aromatic N) is 18. The van der Waals surface area contributed by atoms with Crippen molar-refractivity contribution in [3.63, 3.8) is 0 Å². The molecule has 8 amide bonds. The van der Waals surface area contributed by atoms with Crippen molar-refractivity contribution in [1.29, 1.82) is 0 Å². The second kappa shape index (κ2) is 46.1. The lowest BCUT2D eigenvalue weighted by Crippen LogP contribution is -2.49. The summed E-state index contributed by atoms with van der Waals surface area (Å²) in [7, 11) is 8.40. The Morgan fingerprint density at radius 2 is 0.676 bits per heavy atom. The Morgan fingerprint density at radius 1 is 0.338 bits per heavy atom. The highest BCUT2D eigenvalue weighted by Gasteiger charge is 2.37. The topological polar surface area (TPSA) is 383 Å². The van der Waals surface area contributed by atoms with Crippen LogP contribution in [0.4, 0.5) is 22.7 Å². The third-order valence-corrected chi connectivity index (χ3v) is 23.1. The molecule has 0 fully saturated rings. The molecule has 0 radical (unpaired) electrons. The van der Waals surface area contributed by atoms with Crippen molar-refractivity contribution >= 4 is 70.0 Å². The highest BCUT2D eigenvalue weighted by Crippen LogP contribution is 2.36. The highest BCUT2D eigenvalue weighted by atomic mass is 16.5. The minimum atomic E-state index is -0.902. The predicted molar refractivity (Wildman–Crippen MR) is 539 cm³/mol. The van der Waals surface area contributed by atoms with Crippen LogP contribution >= 0.6 is 0 Å². The summed E-state index contributed by atoms with van der Waals surface area (Å²) >= 11 is 0. The number of carbonyl (C=O) groups is 8. The van der Waals surface area contributed by atoms with Crippen molar-refractivity contribution in [3.05, 3.63) is 418 Å². The number of anilines is 4. The number of pyridine rings is 4. The molecule has 4 N–H and O–H groups in total. The number of nitrogens with one attached hydrogen (secondary N) is 4. The van der Waals surface area contributed by atoms with Crippen LogP contribution in [0.5, 0.6) is 23.0 Å². The van der Waals surface area contributed by atoms with Gasteiger partial charge in [-0.1, -0.05) is 174 Å². The summed E-state index contributed by atoms with van der Waals surface area (Å²) in [4.78, 5) is 130. The van der Waals surface area contributed by atoms with E-state index in [1.807, 2.05) is 194 Å². The molecule has 16 aromatic rings. The zero-order valence-electron chi connectivity index (χ0n) is 79.0. The highest BCUT2D eigenvalue weighted by molar-refractivity contribution is 6.06. The van der Waals surface area contributed by atoms with Crippen molar-refractivity contribution in [1.82, 2.24) is 90.5 Å². The smallest absolute Gasteiger partial charge is 0.291 e. The fourth-order valence-corrected chi connectivity index (χ4v) is 15.4. The summed E-state index contributed by atoms with van der Waals surface area (Å²) in [6.45, 7) is 1.50. The Balaban J connectivity index is 0.000000132. The Kier molecular flexibility index (Phi) is 30.8. The van der Waals surface area contributed by atoms with Gasteiger partial charge in [0.25, 0.3) is 47.3 Å². The fourth-order valence-electron chi connectivity index (χ4n) is 15.4. The van der Waals surface area contributed by atoms with Gasteiger partial charge in [0.2, 0.25) is 5.82 Å². The number of likely N-dealkylation sites (N-methyl/N-ethyl adjacent to an activating group) is 4. The van der Waals surface area contributed by atoms with E-state index < -0.39 is 47.8 Å². The summed E-state index contributed by atoms with van der Waals surface area (Å²) in [5, 5.41) is 31.8. The number of aryl methyl sites for hydroxylation is 1. The molecule has 20 rings (SSSR count). The van der Waals surface area contributed by atoms with Crippen LogP contribution in [0.3, 0.4) is 0 Å². The molecule has 0 spiro atoms. The molecule has 34 heteroatoms. The number of carbonyl (C=O) groups excluding carboxylic acids is 8. The lowest BCUT2D eigenvalue weighted by atomic mass is 10.1. The molecule has 718 valence electrons. The minimum absolute atomic E-state index is 0.00628. The van der Waals surface area contributed by atoms with Crippen LogP contribution in [0, 0.1) is 47.4 Å². The molecule has 0 aliphatic carbocycles. The third-order valence-electron chi connectivity index (χ3n) is 23.1. The SMILES string of the molecule is CN1C(=O)[C@@H](NC(=O)c2cc(Cc3ccccc3)n(C)n2)COc2ccc(C#Cc3cccnc3)cc21.CN1C(=O)[C@@H](NC(=O)c2cn(Cc3ccccc3)nn2)COc2ccc(C#Cc3cccnc3)cc21.CN1C(=O)[C@@H](NC(=O)c2cnn(Cc3ccccc3)c2)COc2ccc(C#Cc3cccnc3)cc21.CN1C(=O)[C@@H](NC(=O)c2ncn(Cc3ccccc3)n2)COc2ccc(C#Cc3cccnc3)cc21. The fraction of sp³-hybridized carbons (Fsp3) is 0.153. The second-order valence-corrected chi connectivity index (χ2v) is 33.4. The standard InChI is InChI=1S/C29H25N5O3.C28H23N5O3.2C27H22N6O3/c1-33-26-16-21(10-11-22-9-6-14-30-18-22)12-13-27(26)37-19-25(29(33)36)31-28(35)24-17-23(34(2)32-24)15-20-7-4-3-5-8-20;1-32-25-14-20(9-10-21-8-5-13-29-15-21)11-12-26(25)36-19-24(28(32)35)31-27(34)23-16-30-33(18-23)17-22-6-3-2-4-7-22;1-32-24-14-19(9-10-20-8-5-13-28-15-20)11-12-25(24)36-18-23(27(32)35)29-26(34)22-17-33(31-30-22)16-21-6-3-2-4-7-21;1-32-23-14-19(9-10-20-8-5-13-28-15-20)11-12-24(23)36-17-22(27(32)35)30-26(34)25-29-18-33(31-25)16-21-6-3-2-4-7-21/h3-9,12-14,16-18,25H,15,19H2,1-2H3,(H,31,35);2-8,11-16,18,24H,17,19H2,1H3,(H,31,34);2-8,11-15,17,23H,16,18H2,1H3,(H,29,34);2-8,11-15,18,22H,16-17H2,1H3,(H,30,34)/t25-;24-;23-;22-/m0000/s1. The van der Waals surface area contributed by atoms with Crippen LogP contribution in [0.2, 0.25) is 0 Å². The number of aromatic nitrogens is 14. The molecular weight excluding hydrogens is 1830 g/mol. The quantitative estimate of drug-likeness (QED) is 0.0653. The molecule has 8 aromatic carbocycles. The van der Waals surface area contributed by atoms with Gasteiger partial charge < -0.3 is 59.8 Å². The maximum Gasteiger partial charge on any atom is 0.291 e. The van der Waals surface area contributed by atoms with Gasteiger partial charge in [-0.2, -0.15) is 10.2 Å². The number of ether oxygens (including phenoxy) is 4. The van der Waals surface area contributed by atoms with Crippen molar-refractivity contribution < 1.29 is 57.3 Å². The first-order valence-electron chi connectivity index (χ1n) is 45.8. The van der Waals surface area contributed by atoms with E-state index in [-0.39, 0.29) is 67.3 Å². The normalized spacial score (nSPS) is 14.6. The summed E-state index contributed by atoms with van der Waals surface area (Å²) in [6, 6.07) is 73.9.